The molecule has 0 fully saturated rings. The highest BCUT2D eigenvalue weighted by molar-refractivity contribution is 9.10. The van der Waals surface area contributed by atoms with Crippen molar-refractivity contribution in [2.75, 3.05) is 5.32 Å². The van der Waals surface area contributed by atoms with E-state index in [0.29, 0.717) is 6.04 Å². The van der Waals surface area contributed by atoms with E-state index in [0.717, 1.165) is 33.6 Å². The van der Waals surface area contributed by atoms with Gasteiger partial charge in [0.05, 0.1) is 17.9 Å². The number of benzene rings is 1. The van der Waals surface area contributed by atoms with E-state index >= 15 is 0 Å². The summed E-state index contributed by atoms with van der Waals surface area (Å²) in [5, 5.41) is 8.77. The lowest BCUT2D eigenvalue weighted by Gasteiger charge is -2.25. The van der Waals surface area contributed by atoms with Crippen LogP contribution in [0.4, 0.5) is 5.69 Å². The minimum absolute atomic E-state index is 0.308. The van der Waals surface area contributed by atoms with Crippen LogP contribution in [0.2, 0.25) is 5.02 Å². The van der Waals surface area contributed by atoms with Crippen LogP contribution >= 0.6 is 27.5 Å². The Balaban J connectivity index is 1.91. The lowest BCUT2D eigenvalue weighted by Crippen LogP contribution is -2.18. The van der Waals surface area contributed by atoms with Crippen LogP contribution in [0.25, 0.3) is 0 Å². The number of nitrogens with zero attached hydrogens (tertiary/aromatic N) is 2. The molecule has 20 heavy (non-hydrogen) atoms. The number of aryl methyl sites for hydroxylation is 2. The molecule has 3 rings (SSSR count). The molecule has 0 aliphatic heterocycles. The number of rotatable bonds is 2. The van der Waals surface area contributed by atoms with Gasteiger partial charge in [-0.1, -0.05) is 11.6 Å². The molecular formula is C15H17BrClN3. The second-order valence-corrected chi connectivity index (χ2v) is 6.60. The van der Waals surface area contributed by atoms with Crippen LogP contribution in [0.3, 0.4) is 0 Å². The second-order valence-electron chi connectivity index (χ2n) is 5.34. The van der Waals surface area contributed by atoms with Gasteiger partial charge in [0.25, 0.3) is 0 Å². The Morgan fingerprint density at radius 2 is 2.25 bits per heavy atom. The van der Waals surface area contributed by atoms with Gasteiger partial charge >= 0.3 is 0 Å². The summed E-state index contributed by atoms with van der Waals surface area (Å²) in [6.07, 6.45) is 5.40. The molecular weight excluding hydrogens is 338 g/mol. The summed E-state index contributed by atoms with van der Waals surface area (Å²) < 4.78 is 3.04. The first kappa shape index (κ1) is 14.0. The molecule has 0 saturated carbocycles. The Bertz CT molecular complexity index is 651. The van der Waals surface area contributed by atoms with Crippen LogP contribution < -0.4 is 5.32 Å². The van der Waals surface area contributed by atoms with Gasteiger partial charge in [0.15, 0.2) is 0 Å². The Morgan fingerprint density at radius 1 is 1.45 bits per heavy atom. The van der Waals surface area contributed by atoms with Crippen LogP contribution in [0.1, 0.15) is 35.7 Å². The molecule has 1 unspecified atom stereocenters. The number of aromatic nitrogens is 2. The molecule has 1 atom stereocenters. The van der Waals surface area contributed by atoms with Crippen LogP contribution in [0.15, 0.2) is 22.8 Å². The van der Waals surface area contributed by atoms with Gasteiger partial charge in [-0.2, -0.15) is 5.10 Å². The first-order valence-corrected chi connectivity index (χ1v) is 7.96. The van der Waals surface area contributed by atoms with Crippen molar-refractivity contribution in [2.24, 2.45) is 7.05 Å². The van der Waals surface area contributed by atoms with Crippen LogP contribution in [-0.4, -0.2) is 9.78 Å². The molecule has 0 radical (unpaired) electrons. The maximum absolute atomic E-state index is 6.23. The zero-order chi connectivity index (χ0) is 14.3. The topological polar surface area (TPSA) is 29.9 Å². The average Bonchev–Trinajstić information content (AvgIpc) is 2.79. The summed E-state index contributed by atoms with van der Waals surface area (Å²) in [6, 6.07) is 4.35. The van der Waals surface area contributed by atoms with Crippen LogP contribution in [0.5, 0.6) is 0 Å². The van der Waals surface area contributed by atoms with Crippen molar-refractivity contribution in [3.8, 4) is 0 Å². The van der Waals surface area contributed by atoms with Gasteiger partial charge in [0.1, 0.15) is 0 Å². The van der Waals surface area contributed by atoms with E-state index < -0.39 is 0 Å². The molecule has 0 saturated heterocycles. The summed E-state index contributed by atoms with van der Waals surface area (Å²) in [5.74, 6) is 0. The molecule has 1 aromatic heterocycles. The summed E-state index contributed by atoms with van der Waals surface area (Å²) in [4.78, 5) is 0. The highest BCUT2D eigenvalue weighted by Crippen LogP contribution is 2.36. The quantitative estimate of drug-likeness (QED) is 0.852. The molecule has 5 heteroatoms. The maximum Gasteiger partial charge on any atom is 0.0548 e. The third kappa shape index (κ3) is 2.47. The van der Waals surface area contributed by atoms with Crippen molar-refractivity contribution in [2.45, 2.75) is 32.2 Å². The smallest absolute Gasteiger partial charge is 0.0548 e. The summed E-state index contributed by atoms with van der Waals surface area (Å²) >= 11 is 9.84. The number of fused-ring (bicyclic) bond motifs is 1. The standard InChI is InChI=1S/C15H17BrClN3/c1-9-6-11(16)14(7-12(9)17)19-13-4-3-5-15-10(13)8-18-20(15)2/h6-8,13,19H,3-5H2,1-2H3. The van der Waals surface area contributed by atoms with Gasteiger partial charge in [0, 0.05) is 27.8 Å². The normalized spacial score (nSPS) is 17.9. The van der Waals surface area contributed by atoms with Gasteiger partial charge in [-0.15, -0.1) is 0 Å². The van der Waals surface area contributed by atoms with Crippen LogP contribution in [-0.2, 0) is 13.5 Å². The SMILES string of the molecule is Cc1cc(Br)c(NC2CCCc3c2cnn3C)cc1Cl. The number of halogens is 2. The highest BCUT2D eigenvalue weighted by Gasteiger charge is 2.23. The largest absolute Gasteiger partial charge is 0.377 e. The van der Waals surface area contributed by atoms with Gasteiger partial charge in [-0.25, -0.2) is 0 Å². The predicted octanol–water partition coefficient (Wildman–Crippen LogP) is 4.63. The fourth-order valence-corrected chi connectivity index (χ4v) is 3.54. The molecule has 1 aliphatic rings. The van der Waals surface area contributed by atoms with Gasteiger partial charge in [-0.3, -0.25) is 4.68 Å². The van der Waals surface area contributed by atoms with Crippen molar-refractivity contribution < 1.29 is 0 Å². The molecule has 1 aromatic carbocycles. The van der Waals surface area contributed by atoms with E-state index in [1.54, 1.807) is 0 Å². The summed E-state index contributed by atoms with van der Waals surface area (Å²) in [5.41, 5.74) is 4.77. The van der Waals surface area contributed by atoms with E-state index in [4.69, 9.17) is 11.6 Å². The van der Waals surface area contributed by atoms with E-state index in [1.165, 1.54) is 17.7 Å². The lowest BCUT2D eigenvalue weighted by atomic mass is 9.93. The maximum atomic E-state index is 6.23. The van der Waals surface area contributed by atoms with Crippen molar-refractivity contribution in [3.63, 3.8) is 0 Å². The Morgan fingerprint density at radius 3 is 3.05 bits per heavy atom. The number of nitrogens with one attached hydrogen (secondary N) is 1. The minimum atomic E-state index is 0.308. The Labute approximate surface area is 132 Å². The third-order valence-electron chi connectivity index (χ3n) is 3.95. The molecule has 3 nitrogen and oxygen atoms in total. The van der Waals surface area contributed by atoms with E-state index in [2.05, 4.69) is 32.4 Å². The molecule has 1 N–H and O–H groups in total. The molecule has 106 valence electrons. The van der Waals surface area contributed by atoms with Gasteiger partial charge in [-0.05, 0) is 59.8 Å². The van der Waals surface area contributed by atoms with Gasteiger partial charge in [0.2, 0.25) is 0 Å². The second kappa shape index (κ2) is 5.41. The monoisotopic (exact) mass is 353 g/mol. The predicted molar refractivity (Wildman–Crippen MR) is 86.4 cm³/mol. The molecule has 1 aliphatic carbocycles. The fourth-order valence-electron chi connectivity index (χ4n) is 2.80. The highest BCUT2D eigenvalue weighted by atomic mass is 79.9. The summed E-state index contributed by atoms with van der Waals surface area (Å²) in [7, 11) is 2.01. The van der Waals surface area contributed by atoms with E-state index in [1.807, 2.05) is 30.9 Å². The first-order valence-electron chi connectivity index (χ1n) is 6.79. The van der Waals surface area contributed by atoms with Gasteiger partial charge < -0.3 is 5.32 Å². The molecule has 0 amide bonds. The number of hydrogen-bond donors (Lipinski definition) is 1. The van der Waals surface area contributed by atoms with Crippen molar-refractivity contribution in [3.05, 3.63) is 44.6 Å². The third-order valence-corrected chi connectivity index (χ3v) is 5.02. The van der Waals surface area contributed by atoms with E-state index in [-0.39, 0.29) is 0 Å². The van der Waals surface area contributed by atoms with Crippen molar-refractivity contribution in [1.29, 1.82) is 0 Å². The zero-order valence-electron chi connectivity index (χ0n) is 11.6. The summed E-state index contributed by atoms with van der Waals surface area (Å²) in [6.45, 7) is 2.01. The molecule has 0 spiro atoms. The van der Waals surface area contributed by atoms with Crippen molar-refractivity contribution >= 4 is 33.2 Å². The molecule has 0 bridgehead atoms. The molecule has 1 heterocycles. The lowest BCUT2D eigenvalue weighted by molar-refractivity contribution is 0.571. The Hall–Kier alpha value is -1.00. The number of anilines is 1. The zero-order valence-corrected chi connectivity index (χ0v) is 13.9. The fraction of sp³-hybridized carbons (Fsp3) is 0.400. The van der Waals surface area contributed by atoms with Crippen LogP contribution in [0, 0.1) is 6.92 Å². The van der Waals surface area contributed by atoms with E-state index in [9.17, 15) is 0 Å². The Kier molecular flexibility index (Phi) is 3.78. The minimum Gasteiger partial charge on any atom is -0.377 e. The molecule has 2 aromatic rings. The first-order chi connectivity index (χ1) is 9.56. The average molecular weight is 355 g/mol. The van der Waals surface area contributed by atoms with Crippen molar-refractivity contribution in [1.82, 2.24) is 9.78 Å². The number of hydrogen-bond acceptors (Lipinski definition) is 2.